The number of ketones is 3. The van der Waals surface area contributed by atoms with E-state index >= 15 is 0 Å². The first kappa shape index (κ1) is 28.2. The molecule has 10 heteroatoms. The molecule has 0 aromatic carbocycles. The normalized spacial score (nSPS) is 39.9. The fourth-order valence-corrected chi connectivity index (χ4v) is 7.58. The van der Waals surface area contributed by atoms with Gasteiger partial charge in [0.05, 0.1) is 12.8 Å². The van der Waals surface area contributed by atoms with Crippen LogP contribution < -0.4 is 0 Å². The number of carbonyl (C=O) groups is 5. The van der Waals surface area contributed by atoms with Crippen LogP contribution in [0.1, 0.15) is 65.2 Å². The van der Waals surface area contributed by atoms with Crippen molar-refractivity contribution in [2.75, 3.05) is 6.61 Å². The van der Waals surface area contributed by atoms with E-state index in [4.69, 9.17) is 9.84 Å². The minimum atomic E-state index is -1.77. The second-order valence-corrected chi connectivity index (χ2v) is 10.8. The van der Waals surface area contributed by atoms with E-state index in [-0.39, 0.29) is 85.1 Å². The number of rotatable bonds is 6. The molecule has 4 aliphatic carbocycles. The van der Waals surface area contributed by atoms with Crippen molar-refractivity contribution in [3.05, 3.63) is 11.6 Å². The summed E-state index contributed by atoms with van der Waals surface area (Å²) < 4.78 is 5.66. The molecule has 3 fully saturated rings. The molecule has 0 amide bonds. The zero-order valence-corrected chi connectivity index (χ0v) is 19.5. The quantitative estimate of drug-likeness (QED) is 0.353. The summed E-state index contributed by atoms with van der Waals surface area (Å²) in [7, 11) is 0. The number of carboxylic acids is 1. The molecule has 188 valence electrons. The van der Waals surface area contributed by atoms with Gasteiger partial charge < -0.3 is 20.1 Å². The maximum absolute atomic E-state index is 13.7. The molecule has 0 bridgehead atoms. The number of aliphatic carboxylic acids is 1. The molecule has 9 nitrogen and oxygen atoms in total. The second kappa shape index (κ2) is 9.82. The van der Waals surface area contributed by atoms with Gasteiger partial charge >= 0.3 is 41.5 Å². The number of hydrogen-bond donors (Lipinski definition) is 3. The van der Waals surface area contributed by atoms with Crippen molar-refractivity contribution in [1.82, 2.24) is 0 Å². The molecule has 3 N–H and O–H groups in total. The van der Waals surface area contributed by atoms with Gasteiger partial charge in [0.1, 0.15) is 24.1 Å². The first-order chi connectivity index (χ1) is 15.9. The summed E-state index contributed by atoms with van der Waals surface area (Å²) in [5.41, 5.74) is -2.93. The molecule has 1 unspecified atom stereocenters. The van der Waals surface area contributed by atoms with E-state index in [0.717, 1.165) is 5.57 Å². The number of Topliss-reactive ketones (excluding diaryl/α,β-unsaturated/α-hetero) is 2. The molecule has 3 saturated carbocycles. The van der Waals surface area contributed by atoms with E-state index in [2.05, 4.69) is 0 Å². The number of carbonyl (C=O) groups excluding carboxylic acids is 4. The van der Waals surface area contributed by atoms with Crippen LogP contribution in [-0.4, -0.2) is 92.5 Å². The zero-order chi connectivity index (χ0) is 25.1. The fraction of sp³-hybridized carbons (Fsp3) is 0.720. The Bertz CT molecular complexity index is 989. The number of aliphatic hydroxyl groups is 2. The molecular formula is C25H33NaO9. The number of fused-ring (bicyclic) bond motifs is 5. The molecule has 4 aliphatic rings. The van der Waals surface area contributed by atoms with Crippen LogP contribution in [0.25, 0.3) is 0 Å². The SMILES string of the molecule is C[C@]12CC(=O)[C@H]3[C@@H](CCC4=CC(=O)CC(OC(=O)CCC(=O)O)[C@@]43C)[C@@H]1CC[C@]2(O)C(=O)CO.[NaH]. The van der Waals surface area contributed by atoms with E-state index in [1.807, 2.05) is 6.92 Å². The average molecular weight is 501 g/mol. The molecule has 35 heavy (non-hydrogen) atoms. The summed E-state index contributed by atoms with van der Waals surface area (Å²) in [6, 6.07) is 0. The average Bonchev–Trinajstić information content (AvgIpc) is 3.03. The van der Waals surface area contributed by atoms with E-state index in [0.29, 0.717) is 19.3 Å². The van der Waals surface area contributed by atoms with E-state index in [1.165, 1.54) is 0 Å². The summed E-state index contributed by atoms with van der Waals surface area (Å²) in [6.07, 6.45) is 1.67. The van der Waals surface area contributed by atoms with E-state index < -0.39 is 52.8 Å². The first-order valence-corrected chi connectivity index (χ1v) is 11.9. The standard InChI is InChI=1S/C25H32O9.Na.H/c1-23-11-17(28)22-15(16(23)7-8-25(23,33)18(29)12-26)4-3-13-9-14(27)10-19(24(13,22)2)34-21(32)6-5-20(30)31;;/h9,15-16,19,22,26,33H,3-8,10-12H2,1-2H3,(H,30,31);;/t15-,16-,19?,22+,23-,24+,25-;;/m0../s1. The van der Waals surface area contributed by atoms with Crippen molar-refractivity contribution in [2.24, 2.45) is 28.6 Å². The van der Waals surface area contributed by atoms with Crippen LogP contribution in [0.15, 0.2) is 11.6 Å². The number of esters is 1. The predicted octanol–water partition coefficient (Wildman–Crippen LogP) is 0.728. The predicted molar refractivity (Wildman–Crippen MR) is 123 cm³/mol. The van der Waals surface area contributed by atoms with E-state index in [9.17, 15) is 34.2 Å². The number of aliphatic hydroxyl groups excluding tert-OH is 1. The van der Waals surface area contributed by atoms with Crippen LogP contribution in [0, 0.1) is 28.6 Å². The van der Waals surface area contributed by atoms with Crippen LogP contribution in [-0.2, 0) is 28.7 Å². The van der Waals surface area contributed by atoms with Crippen molar-refractivity contribution in [1.29, 1.82) is 0 Å². The number of carboxylic acid groups (broad SMARTS) is 1. The summed E-state index contributed by atoms with van der Waals surface area (Å²) in [5.74, 6) is -3.74. The van der Waals surface area contributed by atoms with Crippen molar-refractivity contribution >= 4 is 58.8 Å². The Hall–Kier alpha value is -1.39. The van der Waals surface area contributed by atoms with Crippen LogP contribution in [0.2, 0.25) is 0 Å². The third-order valence-corrected chi connectivity index (χ3v) is 9.31. The molecular weight excluding hydrogens is 467 g/mol. The third-order valence-electron chi connectivity index (χ3n) is 9.31. The summed E-state index contributed by atoms with van der Waals surface area (Å²) in [4.78, 5) is 62.0. The van der Waals surface area contributed by atoms with Gasteiger partial charge in [0.15, 0.2) is 11.6 Å². The van der Waals surface area contributed by atoms with Gasteiger partial charge in [-0.2, -0.15) is 0 Å². The summed E-state index contributed by atoms with van der Waals surface area (Å²) in [6.45, 7) is 2.81. The minimum absolute atomic E-state index is 0. The van der Waals surface area contributed by atoms with Gasteiger partial charge in [-0.3, -0.25) is 24.0 Å². The van der Waals surface area contributed by atoms with Gasteiger partial charge in [0.25, 0.3) is 0 Å². The van der Waals surface area contributed by atoms with Crippen LogP contribution in [0.3, 0.4) is 0 Å². The number of hydrogen-bond acceptors (Lipinski definition) is 8. The number of ether oxygens (including phenoxy) is 1. The Kier molecular flexibility index (Phi) is 7.91. The van der Waals surface area contributed by atoms with Gasteiger partial charge in [-0.1, -0.05) is 19.4 Å². The monoisotopic (exact) mass is 500 g/mol. The Balaban J connectivity index is 0.00000342. The molecule has 0 heterocycles. The third kappa shape index (κ3) is 4.27. The zero-order valence-electron chi connectivity index (χ0n) is 19.5. The van der Waals surface area contributed by atoms with Gasteiger partial charge in [-0.25, -0.2) is 0 Å². The van der Waals surface area contributed by atoms with Crippen molar-refractivity contribution in [3.8, 4) is 0 Å². The molecule has 0 radical (unpaired) electrons. The van der Waals surface area contributed by atoms with Crippen molar-refractivity contribution in [3.63, 3.8) is 0 Å². The summed E-state index contributed by atoms with van der Waals surface area (Å²) in [5, 5.41) is 29.6. The van der Waals surface area contributed by atoms with Crippen LogP contribution >= 0.6 is 0 Å². The molecule has 0 aromatic rings. The van der Waals surface area contributed by atoms with Gasteiger partial charge in [0, 0.05) is 29.6 Å². The Labute approximate surface area is 226 Å². The maximum atomic E-state index is 13.7. The molecule has 7 atom stereocenters. The molecule has 0 saturated heterocycles. The van der Waals surface area contributed by atoms with Gasteiger partial charge in [0.2, 0.25) is 0 Å². The summed E-state index contributed by atoms with van der Waals surface area (Å²) >= 11 is 0. The van der Waals surface area contributed by atoms with Crippen LogP contribution in [0.4, 0.5) is 0 Å². The van der Waals surface area contributed by atoms with E-state index in [1.54, 1.807) is 13.0 Å². The Morgan fingerprint density at radius 1 is 1.14 bits per heavy atom. The Morgan fingerprint density at radius 3 is 2.46 bits per heavy atom. The molecule has 4 rings (SSSR count). The molecule has 0 aliphatic heterocycles. The van der Waals surface area contributed by atoms with Gasteiger partial charge in [-0.05, 0) is 43.6 Å². The van der Waals surface area contributed by atoms with Crippen molar-refractivity contribution in [2.45, 2.75) is 76.9 Å². The van der Waals surface area contributed by atoms with Crippen LogP contribution in [0.5, 0.6) is 0 Å². The fourth-order valence-electron chi connectivity index (χ4n) is 7.58. The topological polar surface area (TPSA) is 155 Å². The first-order valence-electron chi connectivity index (χ1n) is 11.9. The van der Waals surface area contributed by atoms with Gasteiger partial charge in [-0.15, -0.1) is 0 Å². The second-order valence-electron chi connectivity index (χ2n) is 10.8. The Morgan fingerprint density at radius 2 is 1.83 bits per heavy atom. The van der Waals surface area contributed by atoms with Crippen molar-refractivity contribution < 1.29 is 44.0 Å². The molecule has 0 aromatic heterocycles. The molecule has 0 spiro atoms.